The number of hydrogen-bond donors (Lipinski definition) is 1. The van der Waals surface area contributed by atoms with E-state index in [0.29, 0.717) is 17.0 Å². The molecule has 3 rings (SSSR count). The van der Waals surface area contributed by atoms with E-state index in [4.69, 9.17) is 23.2 Å². The minimum atomic E-state index is 0. The van der Waals surface area contributed by atoms with Crippen molar-refractivity contribution in [2.75, 3.05) is 7.05 Å². The van der Waals surface area contributed by atoms with Crippen molar-refractivity contribution in [3.63, 3.8) is 0 Å². The molecule has 0 aliphatic heterocycles. The molecule has 0 unspecified atom stereocenters. The number of nitrogens with one attached hydrogen (secondary N) is 1. The summed E-state index contributed by atoms with van der Waals surface area (Å²) in [7, 11) is 2.02. The molecule has 0 fully saturated rings. The quantitative estimate of drug-likeness (QED) is 0.749. The van der Waals surface area contributed by atoms with Crippen LogP contribution in [0.15, 0.2) is 42.5 Å². The molecule has 1 aliphatic carbocycles. The lowest BCUT2D eigenvalue weighted by atomic mass is 9.77. The van der Waals surface area contributed by atoms with E-state index in [1.807, 2.05) is 19.2 Å². The third-order valence-electron chi connectivity index (χ3n) is 4.18. The van der Waals surface area contributed by atoms with Gasteiger partial charge in [-0.05, 0) is 48.7 Å². The second-order valence-corrected chi connectivity index (χ2v) is 6.11. The first kappa shape index (κ1) is 16.6. The molecule has 1 aliphatic rings. The lowest BCUT2D eigenvalue weighted by Gasteiger charge is -2.32. The van der Waals surface area contributed by atoms with Crippen LogP contribution in [0.25, 0.3) is 0 Å². The van der Waals surface area contributed by atoms with Crippen molar-refractivity contribution in [1.82, 2.24) is 5.32 Å². The normalized spacial score (nSPS) is 20.5. The zero-order valence-electron chi connectivity index (χ0n) is 11.8. The van der Waals surface area contributed by atoms with Crippen LogP contribution < -0.4 is 5.32 Å². The molecule has 2 aromatic rings. The summed E-state index contributed by atoms with van der Waals surface area (Å²) in [6, 6.07) is 14.9. The summed E-state index contributed by atoms with van der Waals surface area (Å²) in [6.07, 6.45) is 2.22. The molecule has 21 heavy (non-hydrogen) atoms. The highest BCUT2D eigenvalue weighted by molar-refractivity contribution is 6.35. The van der Waals surface area contributed by atoms with Gasteiger partial charge in [0.15, 0.2) is 0 Å². The SMILES string of the molecule is CN[C@H]1CC[C@@H](c2ccc(Cl)cc2Cl)c2ccccc21.Cl. The van der Waals surface area contributed by atoms with Crippen molar-refractivity contribution in [3.05, 3.63) is 69.2 Å². The average molecular weight is 343 g/mol. The largest absolute Gasteiger partial charge is 0.313 e. The van der Waals surface area contributed by atoms with Gasteiger partial charge < -0.3 is 5.32 Å². The summed E-state index contributed by atoms with van der Waals surface area (Å²) in [4.78, 5) is 0. The summed E-state index contributed by atoms with van der Waals surface area (Å²) < 4.78 is 0. The van der Waals surface area contributed by atoms with Gasteiger partial charge in [-0.1, -0.05) is 53.5 Å². The van der Waals surface area contributed by atoms with Gasteiger partial charge in [0, 0.05) is 22.0 Å². The van der Waals surface area contributed by atoms with E-state index < -0.39 is 0 Å². The highest BCUT2D eigenvalue weighted by atomic mass is 35.5. The van der Waals surface area contributed by atoms with Gasteiger partial charge in [-0.3, -0.25) is 0 Å². The molecule has 0 heterocycles. The molecule has 4 heteroatoms. The predicted molar refractivity (Wildman–Crippen MR) is 93.0 cm³/mol. The van der Waals surface area contributed by atoms with Crippen LogP contribution in [0.1, 0.15) is 41.5 Å². The van der Waals surface area contributed by atoms with Gasteiger partial charge in [-0.25, -0.2) is 0 Å². The zero-order valence-corrected chi connectivity index (χ0v) is 14.1. The second kappa shape index (κ2) is 7.02. The average Bonchev–Trinajstić information content (AvgIpc) is 2.47. The Morgan fingerprint density at radius 3 is 2.33 bits per heavy atom. The van der Waals surface area contributed by atoms with Crippen LogP contribution in [-0.4, -0.2) is 7.05 Å². The number of benzene rings is 2. The van der Waals surface area contributed by atoms with Crippen LogP contribution in [0.4, 0.5) is 0 Å². The lowest BCUT2D eigenvalue weighted by molar-refractivity contribution is 0.471. The van der Waals surface area contributed by atoms with Gasteiger partial charge >= 0.3 is 0 Å². The van der Waals surface area contributed by atoms with E-state index in [-0.39, 0.29) is 12.4 Å². The van der Waals surface area contributed by atoms with Gasteiger partial charge in [0.05, 0.1) is 0 Å². The Morgan fingerprint density at radius 2 is 1.67 bits per heavy atom. The highest BCUT2D eigenvalue weighted by Crippen LogP contribution is 2.43. The molecule has 0 bridgehead atoms. The second-order valence-electron chi connectivity index (χ2n) is 5.27. The van der Waals surface area contributed by atoms with E-state index in [1.54, 1.807) is 0 Å². The van der Waals surface area contributed by atoms with Crippen molar-refractivity contribution in [3.8, 4) is 0 Å². The van der Waals surface area contributed by atoms with Crippen LogP contribution in [0.2, 0.25) is 10.0 Å². The van der Waals surface area contributed by atoms with Crippen molar-refractivity contribution in [2.45, 2.75) is 24.8 Å². The molecule has 2 atom stereocenters. The Morgan fingerprint density at radius 1 is 0.952 bits per heavy atom. The minimum Gasteiger partial charge on any atom is -0.313 e. The third kappa shape index (κ3) is 3.22. The Hall–Kier alpha value is -0.730. The van der Waals surface area contributed by atoms with Crippen molar-refractivity contribution in [2.24, 2.45) is 0 Å². The van der Waals surface area contributed by atoms with Gasteiger partial charge in [0.2, 0.25) is 0 Å². The monoisotopic (exact) mass is 341 g/mol. The fourth-order valence-corrected chi connectivity index (χ4v) is 3.74. The van der Waals surface area contributed by atoms with E-state index >= 15 is 0 Å². The zero-order chi connectivity index (χ0) is 14.1. The molecule has 0 aromatic heterocycles. The first-order valence-corrected chi connectivity index (χ1v) is 7.67. The molecule has 1 N–H and O–H groups in total. The Labute approximate surface area is 142 Å². The van der Waals surface area contributed by atoms with Gasteiger partial charge in [-0.2, -0.15) is 0 Å². The molecular weight excluding hydrogens is 325 g/mol. The van der Waals surface area contributed by atoms with Crippen LogP contribution in [0.3, 0.4) is 0 Å². The number of rotatable bonds is 2. The lowest BCUT2D eigenvalue weighted by Crippen LogP contribution is -2.24. The molecule has 2 aromatic carbocycles. The van der Waals surface area contributed by atoms with Gasteiger partial charge in [0.25, 0.3) is 0 Å². The van der Waals surface area contributed by atoms with Crippen molar-refractivity contribution >= 4 is 35.6 Å². The fourth-order valence-electron chi connectivity index (χ4n) is 3.20. The Bertz CT molecular complexity index is 627. The van der Waals surface area contributed by atoms with Crippen LogP contribution in [-0.2, 0) is 0 Å². The number of halogens is 3. The molecule has 0 radical (unpaired) electrons. The summed E-state index contributed by atoms with van der Waals surface area (Å²) in [5.41, 5.74) is 3.94. The maximum Gasteiger partial charge on any atom is 0.0459 e. The highest BCUT2D eigenvalue weighted by Gasteiger charge is 2.28. The Balaban J connectivity index is 0.00000161. The molecule has 1 nitrogen and oxygen atoms in total. The van der Waals surface area contributed by atoms with Crippen LogP contribution >= 0.6 is 35.6 Å². The van der Waals surface area contributed by atoms with Crippen molar-refractivity contribution < 1.29 is 0 Å². The minimum absolute atomic E-state index is 0. The molecule has 0 saturated carbocycles. The van der Waals surface area contributed by atoms with Gasteiger partial charge in [0.1, 0.15) is 0 Å². The predicted octanol–water partition coefficient (Wildman–Crippen LogP) is 5.60. The van der Waals surface area contributed by atoms with Crippen LogP contribution in [0, 0.1) is 0 Å². The third-order valence-corrected chi connectivity index (χ3v) is 4.74. The van der Waals surface area contributed by atoms with E-state index in [9.17, 15) is 0 Å². The first-order chi connectivity index (χ1) is 9.70. The van der Waals surface area contributed by atoms with Crippen molar-refractivity contribution in [1.29, 1.82) is 0 Å². The topological polar surface area (TPSA) is 12.0 Å². The maximum atomic E-state index is 6.40. The van der Waals surface area contributed by atoms with E-state index in [1.165, 1.54) is 16.7 Å². The summed E-state index contributed by atoms with van der Waals surface area (Å²) in [5, 5.41) is 4.86. The maximum absolute atomic E-state index is 6.40. The Kier molecular flexibility index (Phi) is 5.56. The molecule has 0 spiro atoms. The molecule has 0 saturated heterocycles. The smallest absolute Gasteiger partial charge is 0.0459 e. The summed E-state index contributed by atoms with van der Waals surface area (Å²) in [6.45, 7) is 0. The number of fused-ring (bicyclic) bond motifs is 1. The standard InChI is InChI=1S/C17H17Cl2N.ClH/c1-20-17-9-8-13(12-4-2-3-5-15(12)17)14-7-6-11(18)10-16(14)19;/h2-7,10,13,17,20H,8-9H2,1H3;1H/t13-,17+;/m1./s1. The molecule has 112 valence electrons. The van der Waals surface area contributed by atoms with Crippen LogP contribution in [0.5, 0.6) is 0 Å². The molecular formula is C17H18Cl3N. The molecule has 0 amide bonds. The number of hydrogen-bond acceptors (Lipinski definition) is 1. The fraction of sp³-hybridized carbons (Fsp3) is 0.294. The first-order valence-electron chi connectivity index (χ1n) is 6.91. The van der Waals surface area contributed by atoms with E-state index in [2.05, 4.69) is 35.6 Å². The summed E-state index contributed by atoms with van der Waals surface area (Å²) >= 11 is 12.4. The summed E-state index contributed by atoms with van der Waals surface area (Å²) in [5.74, 6) is 0.362. The van der Waals surface area contributed by atoms with E-state index in [0.717, 1.165) is 17.9 Å². The van der Waals surface area contributed by atoms with Gasteiger partial charge in [-0.15, -0.1) is 12.4 Å².